The monoisotopic (exact) mass is 204 g/mol. The van der Waals surface area contributed by atoms with E-state index in [4.69, 9.17) is 0 Å². The Labute approximate surface area is 87.6 Å². The van der Waals surface area contributed by atoms with Gasteiger partial charge in [0.25, 0.3) is 0 Å². The molecule has 2 aromatic rings. The second kappa shape index (κ2) is 4.14. The fraction of sp³-hybridized carbons (Fsp3) is 0.333. The topological polar surface area (TPSA) is 59.7 Å². The van der Waals surface area contributed by atoms with Crippen molar-refractivity contribution in [1.29, 1.82) is 0 Å². The predicted octanol–water partition coefficient (Wildman–Crippen LogP) is 0.119. The lowest BCUT2D eigenvalue weighted by Crippen LogP contribution is -2.12. The molecule has 0 aliphatic carbocycles. The van der Waals surface area contributed by atoms with Crippen LogP contribution in [0.1, 0.15) is 5.82 Å². The Hall–Kier alpha value is -1.82. The summed E-state index contributed by atoms with van der Waals surface area (Å²) in [6.45, 7) is 0.716. The second-order valence-electron chi connectivity index (χ2n) is 3.41. The fourth-order valence-electron chi connectivity index (χ4n) is 1.17. The van der Waals surface area contributed by atoms with Crippen LogP contribution in [0.25, 0.3) is 5.82 Å². The first-order chi connectivity index (χ1) is 7.25. The molecule has 0 bridgehead atoms. The quantitative estimate of drug-likeness (QED) is 0.710. The van der Waals surface area contributed by atoms with Crippen LogP contribution in [0.3, 0.4) is 0 Å². The van der Waals surface area contributed by atoms with Crippen molar-refractivity contribution in [2.45, 2.75) is 6.54 Å². The molecule has 2 rings (SSSR count). The van der Waals surface area contributed by atoms with Crippen LogP contribution >= 0.6 is 0 Å². The van der Waals surface area contributed by atoms with E-state index in [1.165, 1.54) is 0 Å². The normalized spacial score (nSPS) is 10.9. The molecule has 2 heterocycles. The highest BCUT2D eigenvalue weighted by Crippen LogP contribution is 2.00. The molecule has 0 fully saturated rings. The highest BCUT2D eigenvalue weighted by atomic mass is 15.4. The van der Waals surface area contributed by atoms with Crippen LogP contribution in [0, 0.1) is 0 Å². The first kappa shape index (κ1) is 9.72. The molecule has 0 spiro atoms. The minimum absolute atomic E-state index is 0.676. The van der Waals surface area contributed by atoms with Crippen molar-refractivity contribution >= 4 is 0 Å². The summed E-state index contributed by atoms with van der Waals surface area (Å²) in [7, 11) is 3.95. The summed E-state index contributed by atoms with van der Waals surface area (Å²) in [4.78, 5) is 14.3. The molecule has 0 saturated carbocycles. The molecule has 0 radical (unpaired) electrons. The molecule has 0 amide bonds. The van der Waals surface area contributed by atoms with E-state index in [2.05, 4.69) is 20.1 Å². The molecule has 6 nitrogen and oxygen atoms in total. The molecular weight excluding hydrogens is 192 g/mol. The van der Waals surface area contributed by atoms with Crippen molar-refractivity contribution in [3.63, 3.8) is 0 Å². The van der Waals surface area contributed by atoms with Gasteiger partial charge in [-0.05, 0) is 14.1 Å². The molecule has 6 heteroatoms. The minimum Gasteiger partial charge on any atom is -0.302 e. The lowest BCUT2D eigenvalue weighted by atomic mass is 10.6. The summed E-state index contributed by atoms with van der Waals surface area (Å²) in [5.74, 6) is 1.45. The van der Waals surface area contributed by atoms with E-state index in [-0.39, 0.29) is 0 Å². The average Bonchev–Trinajstić information content (AvgIpc) is 2.67. The maximum Gasteiger partial charge on any atom is 0.173 e. The Morgan fingerprint density at radius 2 is 2.13 bits per heavy atom. The van der Waals surface area contributed by atoms with Crippen LogP contribution in [0.2, 0.25) is 0 Å². The van der Waals surface area contributed by atoms with Gasteiger partial charge in [-0.25, -0.2) is 14.6 Å². The lowest BCUT2D eigenvalue weighted by Gasteiger charge is -2.04. The molecular formula is C9H12N6. The van der Waals surface area contributed by atoms with Crippen LogP contribution in [0.5, 0.6) is 0 Å². The van der Waals surface area contributed by atoms with E-state index in [1.807, 2.05) is 19.0 Å². The van der Waals surface area contributed by atoms with Crippen molar-refractivity contribution in [3.8, 4) is 5.82 Å². The lowest BCUT2D eigenvalue weighted by molar-refractivity contribution is 0.390. The van der Waals surface area contributed by atoms with Gasteiger partial charge in [-0.15, -0.1) is 5.10 Å². The van der Waals surface area contributed by atoms with Crippen molar-refractivity contribution in [1.82, 2.24) is 29.6 Å². The first-order valence-corrected chi connectivity index (χ1v) is 4.57. The fourth-order valence-corrected chi connectivity index (χ4v) is 1.17. The zero-order chi connectivity index (χ0) is 10.7. The van der Waals surface area contributed by atoms with Crippen molar-refractivity contribution < 1.29 is 0 Å². The van der Waals surface area contributed by atoms with Gasteiger partial charge in [-0.1, -0.05) is 0 Å². The molecule has 0 atom stereocenters. The third-order valence-corrected chi connectivity index (χ3v) is 1.78. The zero-order valence-electron chi connectivity index (χ0n) is 8.70. The van der Waals surface area contributed by atoms with E-state index < -0.39 is 0 Å². The number of aromatic nitrogens is 5. The Kier molecular flexibility index (Phi) is 2.68. The van der Waals surface area contributed by atoms with Crippen LogP contribution in [0.4, 0.5) is 0 Å². The number of hydrogen-bond donors (Lipinski definition) is 0. The van der Waals surface area contributed by atoms with Gasteiger partial charge in [0.1, 0.15) is 6.33 Å². The van der Waals surface area contributed by atoms with E-state index in [9.17, 15) is 0 Å². The SMILES string of the molecule is CN(C)Cc1ncn(-c2cnccn2)n1. The molecule has 0 aliphatic heterocycles. The van der Waals surface area contributed by atoms with Crippen LogP contribution in [-0.4, -0.2) is 43.7 Å². The molecule has 0 aromatic carbocycles. The molecule has 78 valence electrons. The summed E-state index contributed by atoms with van der Waals surface area (Å²) in [6.07, 6.45) is 6.54. The van der Waals surface area contributed by atoms with Crippen molar-refractivity contribution in [3.05, 3.63) is 30.7 Å². The summed E-state index contributed by atoms with van der Waals surface area (Å²) in [5, 5.41) is 4.28. The largest absolute Gasteiger partial charge is 0.302 e. The van der Waals surface area contributed by atoms with Crippen LogP contribution in [-0.2, 0) is 6.54 Å². The van der Waals surface area contributed by atoms with Crippen molar-refractivity contribution in [2.24, 2.45) is 0 Å². The average molecular weight is 204 g/mol. The number of nitrogens with zero attached hydrogens (tertiary/aromatic N) is 6. The van der Waals surface area contributed by atoms with Gasteiger partial charge in [0.15, 0.2) is 11.6 Å². The van der Waals surface area contributed by atoms with E-state index >= 15 is 0 Å². The van der Waals surface area contributed by atoms with Crippen LogP contribution in [0.15, 0.2) is 24.9 Å². The molecule has 15 heavy (non-hydrogen) atoms. The van der Waals surface area contributed by atoms with E-state index in [0.29, 0.717) is 12.4 Å². The van der Waals surface area contributed by atoms with E-state index in [0.717, 1.165) is 5.82 Å². The van der Waals surface area contributed by atoms with E-state index in [1.54, 1.807) is 29.6 Å². The summed E-state index contributed by atoms with van der Waals surface area (Å²) in [6, 6.07) is 0. The molecule has 0 saturated heterocycles. The van der Waals surface area contributed by atoms with Gasteiger partial charge >= 0.3 is 0 Å². The predicted molar refractivity (Wildman–Crippen MR) is 54.3 cm³/mol. The second-order valence-corrected chi connectivity index (χ2v) is 3.41. The van der Waals surface area contributed by atoms with Gasteiger partial charge in [-0.3, -0.25) is 4.98 Å². The summed E-state index contributed by atoms with van der Waals surface area (Å²) in [5.41, 5.74) is 0. The summed E-state index contributed by atoms with van der Waals surface area (Å²) >= 11 is 0. The Morgan fingerprint density at radius 3 is 2.80 bits per heavy atom. The Morgan fingerprint density at radius 1 is 1.27 bits per heavy atom. The van der Waals surface area contributed by atoms with Gasteiger partial charge < -0.3 is 4.90 Å². The number of rotatable bonds is 3. The van der Waals surface area contributed by atoms with Crippen LogP contribution < -0.4 is 0 Å². The molecule has 0 unspecified atom stereocenters. The maximum atomic E-state index is 4.28. The first-order valence-electron chi connectivity index (χ1n) is 4.57. The standard InChI is InChI=1S/C9H12N6/c1-14(2)6-8-12-7-15(13-8)9-5-10-3-4-11-9/h3-5,7H,6H2,1-2H3. The minimum atomic E-state index is 0.676. The van der Waals surface area contributed by atoms with Gasteiger partial charge in [0, 0.05) is 12.4 Å². The Bertz CT molecular complexity index is 421. The highest BCUT2D eigenvalue weighted by Gasteiger charge is 2.03. The maximum absolute atomic E-state index is 4.28. The van der Waals surface area contributed by atoms with Crippen molar-refractivity contribution in [2.75, 3.05) is 14.1 Å². The summed E-state index contributed by atoms with van der Waals surface area (Å²) < 4.78 is 1.62. The van der Waals surface area contributed by atoms with Gasteiger partial charge in [-0.2, -0.15) is 0 Å². The van der Waals surface area contributed by atoms with Gasteiger partial charge in [0.2, 0.25) is 0 Å². The third-order valence-electron chi connectivity index (χ3n) is 1.78. The van der Waals surface area contributed by atoms with Gasteiger partial charge in [0.05, 0.1) is 12.7 Å². The smallest absolute Gasteiger partial charge is 0.173 e. The third kappa shape index (κ3) is 2.35. The molecule has 2 aromatic heterocycles. The molecule has 0 aliphatic rings. The zero-order valence-corrected chi connectivity index (χ0v) is 8.70. The highest BCUT2D eigenvalue weighted by molar-refractivity contribution is 5.13. The molecule has 0 N–H and O–H groups in total. The Balaban J connectivity index is 2.21. The number of hydrogen-bond acceptors (Lipinski definition) is 5.